The molecule has 10 heteroatoms. The Morgan fingerprint density at radius 1 is 1.21 bits per heavy atom. The average molecular weight is 444 g/mol. The van der Waals surface area contributed by atoms with Gasteiger partial charge in [-0.1, -0.05) is 0 Å². The van der Waals surface area contributed by atoms with Crippen LogP contribution in [0.3, 0.4) is 0 Å². The third-order valence-electron chi connectivity index (χ3n) is 5.40. The number of amides is 1. The van der Waals surface area contributed by atoms with Crippen molar-refractivity contribution in [2.75, 3.05) is 22.9 Å². The molecule has 1 aliphatic carbocycles. The van der Waals surface area contributed by atoms with Crippen LogP contribution in [0.2, 0.25) is 0 Å². The second-order valence-corrected chi connectivity index (χ2v) is 7.98. The highest BCUT2D eigenvalue weighted by Crippen LogP contribution is 2.29. The lowest BCUT2D eigenvalue weighted by Gasteiger charge is -2.04. The van der Waals surface area contributed by atoms with Crippen molar-refractivity contribution in [2.24, 2.45) is 11.7 Å². The van der Waals surface area contributed by atoms with Gasteiger partial charge in [-0.25, -0.2) is 14.6 Å². The lowest BCUT2D eigenvalue weighted by atomic mass is 10.2. The third kappa shape index (κ3) is 4.70. The first-order valence-electron chi connectivity index (χ1n) is 10.7. The summed E-state index contributed by atoms with van der Waals surface area (Å²) >= 11 is 0. The summed E-state index contributed by atoms with van der Waals surface area (Å²) in [7, 11) is 0. The van der Waals surface area contributed by atoms with Gasteiger partial charge in [0.15, 0.2) is 5.69 Å². The van der Waals surface area contributed by atoms with Gasteiger partial charge in [-0.05, 0) is 55.2 Å². The number of nitrogens with one attached hydrogen (secondary N) is 2. The minimum absolute atomic E-state index is 0.150. The first kappa shape index (κ1) is 20.7. The summed E-state index contributed by atoms with van der Waals surface area (Å²) in [5, 5.41) is 10.6. The zero-order valence-electron chi connectivity index (χ0n) is 17.9. The SMILES string of the molecule is NCc1nn(-c2ccc(N)cc2)cc1NC(=O)c1coc(-c2ccnc(NCC3CC3)c2)n1. The van der Waals surface area contributed by atoms with Gasteiger partial charge in [0.25, 0.3) is 5.91 Å². The number of aromatic nitrogens is 4. The number of rotatable bonds is 8. The standard InChI is InChI=1S/C23H24N8O2/c24-10-18-19(12-31(30-18)17-5-3-16(25)4-6-17)28-22(32)20-13-33-23(29-20)15-7-8-26-21(9-15)27-11-14-1-2-14/h3-9,12-14H,1-2,10-11,24-25H2,(H,26,27)(H,28,32). The third-order valence-corrected chi connectivity index (χ3v) is 5.40. The Labute approximate surface area is 190 Å². The van der Waals surface area contributed by atoms with Crippen LogP contribution in [-0.2, 0) is 6.54 Å². The van der Waals surface area contributed by atoms with Crippen LogP contribution in [0.25, 0.3) is 17.1 Å². The Hall–Kier alpha value is -4.18. The van der Waals surface area contributed by atoms with E-state index in [-0.39, 0.29) is 12.2 Å². The van der Waals surface area contributed by atoms with E-state index in [1.165, 1.54) is 19.1 Å². The van der Waals surface area contributed by atoms with Gasteiger partial charge in [-0.2, -0.15) is 5.10 Å². The summed E-state index contributed by atoms with van der Waals surface area (Å²) in [6.45, 7) is 1.07. The van der Waals surface area contributed by atoms with Crippen LogP contribution in [0.5, 0.6) is 0 Å². The topological polar surface area (TPSA) is 150 Å². The average Bonchev–Trinajstić information content (AvgIpc) is 3.37. The van der Waals surface area contributed by atoms with Gasteiger partial charge in [-0.3, -0.25) is 4.79 Å². The van der Waals surface area contributed by atoms with Crippen LogP contribution in [-0.4, -0.2) is 32.2 Å². The number of hydrogen-bond acceptors (Lipinski definition) is 8. The number of pyridine rings is 1. The first-order chi connectivity index (χ1) is 16.1. The normalized spacial score (nSPS) is 13.1. The van der Waals surface area contributed by atoms with E-state index in [1.54, 1.807) is 35.3 Å². The monoisotopic (exact) mass is 444 g/mol. The van der Waals surface area contributed by atoms with Crippen molar-refractivity contribution in [3.63, 3.8) is 0 Å². The molecule has 1 aliphatic rings. The molecule has 168 valence electrons. The van der Waals surface area contributed by atoms with Crippen LogP contribution in [0.4, 0.5) is 17.2 Å². The molecular weight excluding hydrogens is 420 g/mol. The summed E-state index contributed by atoms with van der Waals surface area (Å²) < 4.78 is 7.20. The number of hydrogen-bond donors (Lipinski definition) is 4. The maximum atomic E-state index is 12.8. The second-order valence-electron chi connectivity index (χ2n) is 7.98. The Balaban J connectivity index is 1.31. The van der Waals surface area contributed by atoms with Crippen molar-refractivity contribution < 1.29 is 9.21 Å². The highest BCUT2D eigenvalue weighted by molar-refractivity contribution is 6.03. The molecule has 1 saturated carbocycles. The van der Waals surface area contributed by atoms with Crippen molar-refractivity contribution in [1.82, 2.24) is 19.7 Å². The number of nitrogens with two attached hydrogens (primary N) is 2. The van der Waals surface area contributed by atoms with Crippen LogP contribution in [0.1, 0.15) is 29.0 Å². The number of nitrogens with zero attached hydrogens (tertiary/aromatic N) is 4. The van der Waals surface area contributed by atoms with E-state index in [0.29, 0.717) is 23.0 Å². The van der Waals surface area contributed by atoms with Gasteiger partial charge >= 0.3 is 0 Å². The molecule has 0 aliphatic heterocycles. The van der Waals surface area contributed by atoms with Gasteiger partial charge in [-0.15, -0.1) is 0 Å². The summed E-state index contributed by atoms with van der Waals surface area (Å²) in [6, 6.07) is 10.9. The fourth-order valence-electron chi connectivity index (χ4n) is 3.35. The second kappa shape index (κ2) is 8.75. The van der Waals surface area contributed by atoms with E-state index >= 15 is 0 Å². The molecule has 0 atom stereocenters. The number of anilines is 3. The quantitative estimate of drug-likeness (QED) is 0.303. The number of carbonyl (C=O) groups is 1. The Morgan fingerprint density at radius 2 is 2.03 bits per heavy atom. The van der Waals surface area contributed by atoms with Crippen LogP contribution in [0, 0.1) is 5.92 Å². The maximum Gasteiger partial charge on any atom is 0.277 e. The molecule has 4 aromatic rings. The van der Waals surface area contributed by atoms with E-state index in [2.05, 4.69) is 25.7 Å². The fraction of sp³-hybridized carbons (Fsp3) is 0.217. The summed E-state index contributed by atoms with van der Waals surface area (Å²) in [5.74, 6) is 1.41. The van der Waals surface area contributed by atoms with Crippen molar-refractivity contribution in [3.05, 3.63) is 66.4 Å². The molecule has 3 aromatic heterocycles. The fourth-order valence-corrected chi connectivity index (χ4v) is 3.35. The summed E-state index contributed by atoms with van der Waals surface area (Å²) in [4.78, 5) is 21.5. The predicted octanol–water partition coefficient (Wildman–Crippen LogP) is 3.04. The molecule has 5 rings (SSSR count). The molecule has 1 aromatic carbocycles. The van der Waals surface area contributed by atoms with Crippen molar-refractivity contribution in [2.45, 2.75) is 19.4 Å². The molecule has 0 unspecified atom stereocenters. The van der Waals surface area contributed by atoms with Crippen LogP contribution >= 0.6 is 0 Å². The van der Waals surface area contributed by atoms with E-state index in [1.807, 2.05) is 18.2 Å². The Morgan fingerprint density at radius 3 is 2.79 bits per heavy atom. The van der Waals surface area contributed by atoms with Gasteiger partial charge in [0, 0.05) is 30.5 Å². The Kier molecular flexibility index (Phi) is 5.49. The van der Waals surface area contributed by atoms with Crippen molar-refractivity contribution in [1.29, 1.82) is 0 Å². The maximum absolute atomic E-state index is 12.8. The molecular formula is C23H24N8O2. The molecule has 3 heterocycles. The zero-order valence-corrected chi connectivity index (χ0v) is 17.9. The molecule has 1 fully saturated rings. The lowest BCUT2D eigenvalue weighted by Crippen LogP contribution is -2.14. The zero-order chi connectivity index (χ0) is 22.8. The van der Waals surface area contributed by atoms with Crippen molar-refractivity contribution in [3.8, 4) is 17.1 Å². The van der Waals surface area contributed by atoms with E-state index < -0.39 is 5.91 Å². The van der Waals surface area contributed by atoms with Gasteiger partial charge in [0.2, 0.25) is 5.89 Å². The van der Waals surface area contributed by atoms with Crippen molar-refractivity contribution >= 4 is 23.1 Å². The van der Waals surface area contributed by atoms with Crippen LogP contribution < -0.4 is 22.1 Å². The minimum Gasteiger partial charge on any atom is -0.444 e. The summed E-state index contributed by atoms with van der Waals surface area (Å²) in [6.07, 6.45) is 7.24. The molecule has 0 bridgehead atoms. The molecule has 33 heavy (non-hydrogen) atoms. The highest BCUT2D eigenvalue weighted by Gasteiger charge is 2.21. The number of benzene rings is 1. The molecule has 1 amide bonds. The molecule has 0 saturated heterocycles. The molecule has 10 nitrogen and oxygen atoms in total. The summed E-state index contributed by atoms with van der Waals surface area (Å²) in [5.41, 5.74) is 15.0. The van der Waals surface area contributed by atoms with E-state index in [4.69, 9.17) is 15.9 Å². The number of oxazole rings is 1. The van der Waals surface area contributed by atoms with Gasteiger partial charge < -0.3 is 26.5 Å². The minimum atomic E-state index is -0.419. The highest BCUT2D eigenvalue weighted by atomic mass is 16.3. The number of carbonyl (C=O) groups excluding carboxylic acids is 1. The number of nitrogen functional groups attached to an aromatic ring is 1. The first-order valence-corrected chi connectivity index (χ1v) is 10.7. The van der Waals surface area contributed by atoms with E-state index in [0.717, 1.165) is 29.5 Å². The van der Waals surface area contributed by atoms with Crippen LogP contribution in [0.15, 0.2) is 59.5 Å². The van der Waals surface area contributed by atoms with E-state index in [9.17, 15) is 4.79 Å². The Bertz CT molecular complexity index is 1270. The molecule has 6 N–H and O–H groups in total. The van der Waals surface area contributed by atoms with Gasteiger partial charge in [0.05, 0.1) is 23.3 Å². The molecule has 0 spiro atoms. The smallest absolute Gasteiger partial charge is 0.277 e. The predicted molar refractivity (Wildman–Crippen MR) is 125 cm³/mol. The largest absolute Gasteiger partial charge is 0.444 e. The lowest BCUT2D eigenvalue weighted by molar-refractivity contribution is 0.102. The molecule has 0 radical (unpaired) electrons. The van der Waals surface area contributed by atoms with Gasteiger partial charge in [0.1, 0.15) is 12.1 Å².